The van der Waals surface area contributed by atoms with Gasteiger partial charge in [0, 0.05) is 12.0 Å². The molecule has 1 saturated carbocycles. The molecule has 0 bridgehead atoms. The number of nitrogens with zero attached hydrogens (tertiary/aromatic N) is 2. The number of anilines is 1. The van der Waals surface area contributed by atoms with E-state index in [1.807, 2.05) is 6.07 Å². The van der Waals surface area contributed by atoms with Gasteiger partial charge in [0.2, 0.25) is 5.91 Å². The smallest absolute Gasteiger partial charge is 0.294 e. The van der Waals surface area contributed by atoms with Gasteiger partial charge < -0.3 is 11.1 Å². The molecule has 2 rings (SSSR count). The van der Waals surface area contributed by atoms with Crippen LogP contribution in [0.5, 0.6) is 0 Å². The molecule has 21 heavy (non-hydrogen) atoms. The highest BCUT2D eigenvalue weighted by molar-refractivity contribution is 5.95. The summed E-state index contributed by atoms with van der Waals surface area (Å²) in [6.45, 7) is 0.438. The van der Waals surface area contributed by atoms with E-state index in [4.69, 9.17) is 11.0 Å². The summed E-state index contributed by atoms with van der Waals surface area (Å²) in [7, 11) is 0. The highest BCUT2D eigenvalue weighted by Crippen LogP contribution is 2.33. The van der Waals surface area contributed by atoms with E-state index < -0.39 is 4.92 Å². The fraction of sp³-hybridized carbons (Fsp3) is 0.429. The summed E-state index contributed by atoms with van der Waals surface area (Å²) in [5.41, 5.74) is 5.67. The van der Waals surface area contributed by atoms with Crippen LogP contribution in [0.4, 0.5) is 11.4 Å². The Morgan fingerprint density at radius 2 is 2.29 bits per heavy atom. The fourth-order valence-corrected chi connectivity index (χ4v) is 2.75. The lowest BCUT2D eigenvalue weighted by Crippen LogP contribution is -2.29. The molecule has 7 heteroatoms. The maximum Gasteiger partial charge on any atom is 0.294 e. The lowest BCUT2D eigenvalue weighted by molar-refractivity contribution is -0.384. The van der Waals surface area contributed by atoms with Crippen molar-refractivity contribution in [1.29, 1.82) is 5.26 Å². The number of hydrogen-bond acceptors (Lipinski definition) is 5. The molecule has 1 aromatic carbocycles. The molecule has 0 aliphatic heterocycles. The van der Waals surface area contributed by atoms with Gasteiger partial charge in [-0.2, -0.15) is 5.26 Å². The zero-order chi connectivity index (χ0) is 15.4. The van der Waals surface area contributed by atoms with E-state index >= 15 is 0 Å². The Morgan fingerprint density at radius 3 is 2.90 bits per heavy atom. The number of nitrogens with two attached hydrogens (primary N) is 1. The van der Waals surface area contributed by atoms with Crippen LogP contribution in [-0.4, -0.2) is 17.4 Å². The average Bonchev–Trinajstić information content (AvgIpc) is 2.96. The minimum absolute atomic E-state index is 0.117. The number of nitro groups is 1. The molecule has 1 amide bonds. The number of nitriles is 1. The Bertz CT molecular complexity index is 609. The van der Waals surface area contributed by atoms with Crippen LogP contribution < -0.4 is 11.1 Å². The summed E-state index contributed by atoms with van der Waals surface area (Å²) in [4.78, 5) is 22.7. The Labute approximate surface area is 121 Å². The van der Waals surface area contributed by atoms with Crippen molar-refractivity contribution in [3.8, 4) is 6.07 Å². The van der Waals surface area contributed by atoms with Crippen molar-refractivity contribution in [3.05, 3.63) is 33.9 Å². The summed E-state index contributed by atoms with van der Waals surface area (Å²) in [5, 5.41) is 22.4. The third-order valence-electron chi connectivity index (χ3n) is 3.88. The number of carbonyl (C=O) groups excluding carboxylic acids is 1. The predicted octanol–water partition coefficient (Wildman–Crippen LogP) is 1.78. The fourth-order valence-electron chi connectivity index (χ4n) is 2.75. The first-order valence-corrected chi connectivity index (χ1v) is 6.76. The van der Waals surface area contributed by atoms with E-state index in [1.54, 1.807) is 0 Å². The summed E-state index contributed by atoms with van der Waals surface area (Å²) < 4.78 is 0. The summed E-state index contributed by atoms with van der Waals surface area (Å²) in [6.07, 6.45) is 2.59. The van der Waals surface area contributed by atoms with Crippen molar-refractivity contribution in [3.63, 3.8) is 0 Å². The van der Waals surface area contributed by atoms with Crippen molar-refractivity contribution < 1.29 is 9.72 Å². The van der Waals surface area contributed by atoms with Crippen LogP contribution in [-0.2, 0) is 4.79 Å². The van der Waals surface area contributed by atoms with Crippen LogP contribution in [0.15, 0.2) is 18.2 Å². The lowest BCUT2D eigenvalue weighted by atomic mass is 9.95. The van der Waals surface area contributed by atoms with E-state index in [0.29, 0.717) is 6.54 Å². The van der Waals surface area contributed by atoms with Gasteiger partial charge in [-0.25, -0.2) is 0 Å². The molecule has 2 unspecified atom stereocenters. The number of hydrogen-bond donors (Lipinski definition) is 2. The molecule has 0 saturated heterocycles. The highest BCUT2D eigenvalue weighted by atomic mass is 16.6. The molecule has 0 heterocycles. The van der Waals surface area contributed by atoms with Crippen molar-refractivity contribution in [2.75, 3.05) is 11.9 Å². The molecule has 1 aliphatic carbocycles. The molecule has 0 radical (unpaired) electrons. The summed E-state index contributed by atoms with van der Waals surface area (Å²) in [5.74, 6) is -0.316. The Balaban J connectivity index is 2.21. The standard InChI is InChI=1S/C14H16N4O3/c15-7-9-4-5-12(13(6-9)18(20)21)17-14(19)11-3-1-2-10(11)8-16/h4-6,10-11H,1-3,8,16H2,(H,17,19). The summed E-state index contributed by atoms with van der Waals surface area (Å²) in [6, 6.07) is 5.83. The van der Waals surface area contributed by atoms with Gasteiger partial charge in [0.25, 0.3) is 5.69 Å². The maximum atomic E-state index is 12.3. The van der Waals surface area contributed by atoms with Gasteiger partial charge in [-0.1, -0.05) is 6.42 Å². The second kappa shape index (κ2) is 6.33. The van der Waals surface area contributed by atoms with Gasteiger partial charge in [-0.15, -0.1) is 0 Å². The third kappa shape index (κ3) is 3.17. The SMILES string of the molecule is N#Cc1ccc(NC(=O)C2CCCC2CN)c([N+](=O)[O-])c1. The zero-order valence-corrected chi connectivity index (χ0v) is 11.4. The number of carbonyl (C=O) groups is 1. The van der Waals surface area contributed by atoms with Crippen LogP contribution in [0.25, 0.3) is 0 Å². The minimum Gasteiger partial charge on any atom is -0.330 e. The lowest BCUT2D eigenvalue weighted by Gasteiger charge is -2.17. The first-order valence-electron chi connectivity index (χ1n) is 6.76. The number of benzene rings is 1. The summed E-state index contributed by atoms with van der Waals surface area (Å²) >= 11 is 0. The van der Waals surface area contributed by atoms with Crippen molar-refractivity contribution in [2.24, 2.45) is 17.6 Å². The van der Waals surface area contributed by atoms with Crippen molar-refractivity contribution >= 4 is 17.3 Å². The van der Waals surface area contributed by atoms with Crippen LogP contribution >= 0.6 is 0 Å². The number of amides is 1. The molecule has 0 spiro atoms. The molecule has 110 valence electrons. The number of rotatable bonds is 4. The number of nitrogens with one attached hydrogen (secondary N) is 1. The molecular weight excluding hydrogens is 272 g/mol. The minimum atomic E-state index is -0.606. The molecule has 0 aromatic heterocycles. The maximum absolute atomic E-state index is 12.3. The van der Waals surface area contributed by atoms with Crippen LogP contribution in [0, 0.1) is 33.3 Å². The van der Waals surface area contributed by atoms with E-state index in [1.165, 1.54) is 12.1 Å². The van der Waals surface area contributed by atoms with E-state index in [2.05, 4.69) is 5.32 Å². The van der Waals surface area contributed by atoms with Crippen LogP contribution in [0.3, 0.4) is 0 Å². The van der Waals surface area contributed by atoms with E-state index in [-0.39, 0.29) is 34.7 Å². The Morgan fingerprint density at radius 1 is 1.52 bits per heavy atom. The van der Waals surface area contributed by atoms with Gasteiger partial charge in [0.15, 0.2) is 0 Å². The Kier molecular flexibility index (Phi) is 4.50. The molecule has 3 N–H and O–H groups in total. The van der Waals surface area contributed by atoms with Gasteiger partial charge in [-0.05, 0) is 37.4 Å². The largest absolute Gasteiger partial charge is 0.330 e. The molecule has 7 nitrogen and oxygen atoms in total. The van der Waals surface area contributed by atoms with Gasteiger partial charge >= 0.3 is 0 Å². The normalized spacial score (nSPS) is 20.8. The van der Waals surface area contributed by atoms with Gasteiger partial charge in [-0.3, -0.25) is 14.9 Å². The van der Waals surface area contributed by atoms with Gasteiger partial charge in [0.05, 0.1) is 16.6 Å². The van der Waals surface area contributed by atoms with E-state index in [9.17, 15) is 14.9 Å². The average molecular weight is 288 g/mol. The second-order valence-corrected chi connectivity index (χ2v) is 5.12. The zero-order valence-electron chi connectivity index (χ0n) is 11.4. The third-order valence-corrected chi connectivity index (χ3v) is 3.88. The van der Waals surface area contributed by atoms with Crippen LogP contribution in [0.2, 0.25) is 0 Å². The van der Waals surface area contributed by atoms with Gasteiger partial charge in [0.1, 0.15) is 5.69 Å². The molecule has 2 atom stereocenters. The van der Waals surface area contributed by atoms with E-state index in [0.717, 1.165) is 25.3 Å². The van der Waals surface area contributed by atoms with Crippen molar-refractivity contribution in [1.82, 2.24) is 0 Å². The second-order valence-electron chi connectivity index (χ2n) is 5.12. The first-order chi connectivity index (χ1) is 10.1. The van der Waals surface area contributed by atoms with Crippen LogP contribution in [0.1, 0.15) is 24.8 Å². The highest BCUT2D eigenvalue weighted by Gasteiger charge is 2.32. The monoisotopic (exact) mass is 288 g/mol. The van der Waals surface area contributed by atoms with Crippen molar-refractivity contribution in [2.45, 2.75) is 19.3 Å². The molecule has 1 aromatic rings. The molecule has 1 aliphatic rings. The quantitative estimate of drug-likeness (QED) is 0.645. The molecular formula is C14H16N4O3. The predicted molar refractivity (Wildman–Crippen MR) is 76.3 cm³/mol. The first kappa shape index (κ1) is 14.9. The molecule has 1 fully saturated rings. The topological polar surface area (TPSA) is 122 Å². The Hall–Kier alpha value is -2.46. The number of nitro benzene ring substituents is 1.